The fraction of sp³-hybridized carbons (Fsp3) is 0.353. The number of hydrogen-bond donors (Lipinski definition) is 2. The lowest BCUT2D eigenvalue weighted by molar-refractivity contribution is -0.115. The van der Waals surface area contributed by atoms with Crippen molar-refractivity contribution in [2.75, 3.05) is 50.6 Å². The van der Waals surface area contributed by atoms with Crippen molar-refractivity contribution in [3.05, 3.63) is 72.8 Å². The van der Waals surface area contributed by atoms with E-state index in [0.29, 0.717) is 53.2 Å². The molecular weight excluding hydrogens is 568 g/mol. The number of allylic oxidation sites excluding steroid dienone is 3. The summed E-state index contributed by atoms with van der Waals surface area (Å²) in [5.74, 6) is 4.26. The van der Waals surface area contributed by atoms with Crippen molar-refractivity contribution < 1.29 is 14.3 Å². The molecule has 11 nitrogen and oxygen atoms in total. The maximum atomic E-state index is 12.4. The molecule has 0 saturated carbocycles. The number of aliphatic imine (C=N–C) groups is 1. The summed E-state index contributed by atoms with van der Waals surface area (Å²) in [5.41, 5.74) is 3.09. The quantitative estimate of drug-likeness (QED) is 0.0849. The van der Waals surface area contributed by atoms with Gasteiger partial charge in [0.15, 0.2) is 23.2 Å². The first-order valence-corrected chi connectivity index (χ1v) is 15.1. The van der Waals surface area contributed by atoms with E-state index >= 15 is 0 Å². The molecule has 0 spiro atoms. The molecule has 1 unspecified atom stereocenters. The Morgan fingerprint density at radius 3 is 2.96 bits per heavy atom. The monoisotopic (exact) mass is 608 g/mol. The third kappa shape index (κ3) is 7.98. The van der Waals surface area contributed by atoms with Crippen molar-refractivity contribution >= 4 is 46.7 Å². The number of carbonyl (C=O) groups excluding carboxylic acids is 1. The number of ether oxygens (including phenoxy) is 2. The molecule has 0 amide bonds. The average Bonchev–Trinajstić information content (AvgIpc) is 3.16. The first-order valence-electron chi connectivity index (χ1n) is 15.1. The SMILES string of the molecule is C=C/C(=C\C=NC=N)Oc1ccc(Nc2ncnc3cc4c(nc23)N2CCC(CCC(=O)/C=C/CN(C)C)[C@H](CO4)C2)cc1C. The van der Waals surface area contributed by atoms with Gasteiger partial charge in [0.25, 0.3) is 0 Å². The van der Waals surface area contributed by atoms with Crippen molar-refractivity contribution in [3.8, 4) is 11.5 Å². The number of nitrogens with one attached hydrogen (secondary N) is 2. The predicted octanol–water partition coefficient (Wildman–Crippen LogP) is 5.51. The molecule has 234 valence electrons. The predicted molar refractivity (Wildman–Crippen MR) is 179 cm³/mol. The molecule has 2 aliphatic heterocycles. The Bertz CT molecular complexity index is 1650. The van der Waals surface area contributed by atoms with Crippen LogP contribution in [0, 0.1) is 24.2 Å². The van der Waals surface area contributed by atoms with E-state index in [1.54, 1.807) is 18.2 Å². The van der Waals surface area contributed by atoms with Gasteiger partial charge in [0.1, 0.15) is 29.7 Å². The Labute approximate surface area is 263 Å². The van der Waals surface area contributed by atoms with Crippen molar-refractivity contribution in [2.45, 2.75) is 26.2 Å². The summed E-state index contributed by atoms with van der Waals surface area (Å²) in [6.07, 6.45) is 13.3. The van der Waals surface area contributed by atoms with Crippen molar-refractivity contribution in [1.82, 2.24) is 19.9 Å². The second-order valence-corrected chi connectivity index (χ2v) is 11.5. The lowest BCUT2D eigenvalue weighted by Gasteiger charge is -2.36. The van der Waals surface area contributed by atoms with Crippen LogP contribution < -0.4 is 19.7 Å². The van der Waals surface area contributed by atoms with Crippen LogP contribution >= 0.6 is 0 Å². The highest BCUT2D eigenvalue weighted by atomic mass is 16.5. The number of hydrogen-bond acceptors (Lipinski definition) is 10. The Hall–Kier alpha value is -4.90. The molecule has 2 aromatic heterocycles. The summed E-state index contributed by atoms with van der Waals surface area (Å²) >= 11 is 0. The van der Waals surface area contributed by atoms with Gasteiger partial charge in [0, 0.05) is 49.9 Å². The Kier molecular flexibility index (Phi) is 10.3. The highest BCUT2D eigenvalue weighted by molar-refractivity contribution is 5.90. The van der Waals surface area contributed by atoms with Crippen LogP contribution in [0.25, 0.3) is 11.0 Å². The number of likely N-dealkylation sites (N-methyl/N-ethyl adjacent to an activating group) is 1. The minimum atomic E-state index is 0.185. The van der Waals surface area contributed by atoms with Crippen LogP contribution in [0.4, 0.5) is 17.3 Å². The number of piperidine rings is 1. The number of nitrogens with zero attached hydrogens (tertiary/aromatic N) is 6. The number of ketones is 1. The lowest BCUT2D eigenvalue weighted by Crippen LogP contribution is -2.41. The highest BCUT2D eigenvalue weighted by Crippen LogP contribution is 2.40. The van der Waals surface area contributed by atoms with Gasteiger partial charge in [0.2, 0.25) is 0 Å². The third-order valence-electron chi connectivity index (χ3n) is 8.00. The van der Waals surface area contributed by atoms with E-state index in [1.165, 1.54) is 12.5 Å². The lowest BCUT2D eigenvalue weighted by atomic mass is 9.82. The number of rotatable bonds is 13. The normalized spacial score (nSPS) is 18.1. The molecule has 1 saturated heterocycles. The van der Waals surface area contributed by atoms with Crippen LogP contribution in [0.3, 0.4) is 0 Å². The fourth-order valence-electron chi connectivity index (χ4n) is 5.64. The van der Waals surface area contributed by atoms with Gasteiger partial charge < -0.3 is 24.6 Å². The van der Waals surface area contributed by atoms with Gasteiger partial charge in [-0.1, -0.05) is 12.7 Å². The number of fused-ring (bicyclic) bond motifs is 5. The summed E-state index contributed by atoms with van der Waals surface area (Å²) in [4.78, 5) is 34.6. The maximum Gasteiger partial charge on any atom is 0.172 e. The molecule has 2 atom stereocenters. The average molecular weight is 609 g/mol. The van der Waals surface area contributed by atoms with Crippen molar-refractivity contribution in [3.63, 3.8) is 0 Å². The summed E-state index contributed by atoms with van der Waals surface area (Å²) in [7, 11) is 3.98. The zero-order valence-corrected chi connectivity index (χ0v) is 26.1. The Morgan fingerprint density at radius 1 is 1.31 bits per heavy atom. The number of benzene rings is 1. The summed E-state index contributed by atoms with van der Waals surface area (Å²) in [5, 5.41) is 10.4. The van der Waals surface area contributed by atoms with E-state index in [-0.39, 0.29) is 5.78 Å². The van der Waals surface area contributed by atoms with Gasteiger partial charge in [-0.25, -0.2) is 19.9 Å². The van der Waals surface area contributed by atoms with Crippen molar-refractivity contribution in [2.24, 2.45) is 16.8 Å². The smallest absolute Gasteiger partial charge is 0.172 e. The van der Waals surface area contributed by atoms with Crippen molar-refractivity contribution in [1.29, 1.82) is 5.41 Å². The van der Waals surface area contributed by atoms with Crippen LogP contribution in [0.5, 0.6) is 11.5 Å². The minimum Gasteiger partial charge on any atom is -0.489 e. The number of pyridine rings is 1. The van der Waals surface area contributed by atoms with Gasteiger partial charge in [-0.3, -0.25) is 10.2 Å². The highest BCUT2D eigenvalue weighted by Gasteiger charge is 2.34. The number of anilines is 3. The molecule has 1 aromatic carbocycles. The van der Waals surface area contributed by atoms with Gasteiger partial charge >= 0.3 is 0 Å². The molecule has 2 N–H and O–H groups in total. The van der Waals surface area contributed by atoms with Crippen LogP contribution in [-0.4, -0.2) is 78.5 Å². The van der Waals surface area contributed by atoms with Crippen LogP contribution in [0.2, 0.25) is 0 Å². The largest absolute Gasteiger partial charge is 0.489 e. The molecule has 11 heteroatoms. The second kappa shape index (κ2) is 14.7. The van der Waals surface area contributed by atoms with Gasteiger partial charge in [0.05, 0.1) is 12.1 Å². The molecule has 1 fully saturated rings. The third-order valence-corrected chi connectivity index (χ3v) is 8.00. The number of aryl methyl sites for hydroxylation is 1. The molecule has 3 aromatic rings. The van der Waals surface area contributed by atoms with E-state index in [1.807, 2.05) is 56.3 Å². The minimum absolute atomic E-state index is 0.185. The molecule has 2 aliphatic rings. The topological polar surface area (TPSA) is 129 Å². The van der Waals surface area contributed by atoms with Gasteiger partial charge in [-0.2, -0.15) is 0 Å². The first-order chi connectivity index (χ1) is 21.8. The van der Waals surface area contributed by atoms with Gasteiger partial charge in [-0.05, 0) is 81.8 Å². The molecule has 0 aliphatic carbocycles. The molecular formula is C34H40N8O3. The molecule has 0 radical (unpaired) electrons. The molecule has 45 heavy (non-hydrogen) atoms. The Morgan fingerprint density at radius 2 is 2.18 bits per heavy atom. The van der Waals surface area contributed by atoms with Gasteiger partial charge in [-0.15, -0.1) is 0 Å². The standard InChI is InChI=1S/C34H40N8O3/c1-5-28(12-14-36-21-35)45-30-11-9-26(17-23(30)2)39-33-32-29(37-22-38-33)18-31-34(40-32)42-16-13-24(25(19-42)20-44-31)8-10-27(43)7-6-15-41(3)4/h5-7,9,11-12,14,17-18,21-22,24-25,35H,1,8,10,13,15-16,19-20H2,2-4H3,(H,37,38,39)/b7-6+,28-12+,35-21?,36-14?/t24?,25-/m0/s1. The first kappa shape index (κ1) is 31.5. The van der Waals surface area contributed by atoms with E-state index in [0.717, 1.165) is 61.6 Å². The fourth-order valence-corrected chi connectivity index (χ4v) is 5.64. The second-order valence-electron chi connectivity index (χ2n) is 11.5. The molecule has 2 bridgehead atoms. The van der Waals surface area contributed by atoms with Crippen LogP contribution in [0.15, 0.2) is 72.2 Å². The number of carbonyl (C=O) groups is 1. The molecule has 4 heterocycles. The zero-order valence-electron chi connectivity index (χ0n) is 26.1. The Balaban J connectivity index is 1.29. The summed E-state index contributed by atoms with van der Waals surface area (Å²) < 4.78 is 12.3. The van der Waals surface area contributed by atoms with E-state index < -0.39 is 0 Å². The number of aromatic nitrogens is 3. The summed E-state index contributed by atoms with van der Waals surface area (Å²) in [6, 6.07) is 7.71. The molecule has 5 rings (SSSR count). The van der Waals surface area contributed by atoms with Crippen LogP contribution in [-0.2, 0) is 4.79 Å². The van der Waals surface area contributed by atoms with E-state index in [4.69, 9.17) is 19.9 Å². The van der Waals surface area contributed by atoms with E-state index in [2.05, 4.69) is 31.8 Å². The van der Waals surface area contributed by atoms with Crippen LogP contribution in [0.1, 0.15) is 24.8 Å². The van der Waals surface area contributed by atoms with E-state index in [9.17, 15) is 4.79 Å². The zero-order chi connectivity index (χ0) is 31.8. The maximum absolute atomic E-state index is 12.4. The summed E-state index contributed by atoms with van der Waals surface area (Å²) in [6.45, 7) is 8.79.